The molecule has 29 heavy (non-hydrogen) atoms. The highest BCUT2D eigenvalue weighted by molar-refractivity contribution is 5.76. The quantitative estimate of drug-likeness (QED) is 0.515. The zero-order valence-corrected chi connectivity index (χ0v) is 16.8. The first-order valence-electron chi connectivity index (χ1n) is 9.82. The number of amides is 1. The van der Waals surface area contributed by atoms with E-state index in [1.165, 1.54) is 22.8 Å². The molecule has 158 valence electrons. The average molecular weight is 405 g/mol. The lowest BCUT2D eigenvalue weighted by atomic mass is 10.2. The second-order valence-corrected chi connectivity index (χ2v) is 7.52. The number of nitro groups is 1. The molecule has 2 heterocycles. The van der Waals surface area contributed by atoms with Crippen LogP contribution in [0, 0.1) is 10.1 Å². The van der Waals surface area contributed by atoms with Crippen molar-refractivity contribution in [1.29, 1.82) is 0 Å². The van der Waals surface area contributed by atoms with Crippen LogP contribution in [-0.2, 0) is 11.3 Å². The molecule has 1 fully saturated rings. The van der Waals surface area contributed by atoms with Gasteiger partial charge in [0.1, 0.15) is 0 Å². The molecule has 10 heteroatoms. The summed E-state index contributed by atoms with van der Waals surface area (Å²) in [6.45, 7) is 7.10. The third-order valence-corrected chi connectivity index (χ3v) is 5.40. The Morgan fingerprint density at radius 2 is 2.03 bits per heavy atom. The number of carbonyl (C=O) groups excluding carboxylic acids is 1. The fourth-order valence-electron chi connectivity index (χ4n) is 3.52. The van der Waals surface area contributed by atoms with Crippen LogP contribution in [-0.4, -0.2) is 71.0 Å². The van der Waals surface area contributed by atoms with E-state index < -0.39 is 10.7 Å². The van der Waals surface area contributed by atoms with Crippen molar-refractivity contribution in [3.63, 3.8) is 0 Å². The van der Waals surface area contributed by atoms with Crippen LogP contribution in [0.2, 0.25) is 0 Å². The van der Waals surface area contributed by atoms with Gasteiger partial charge in [-0.25, -0.2) is 4.79 Å². The number of nitro benzene ring substituents is 1. The molecular weight excluding hydrogens is 378 g/mol. The number of aryl methyl sites for hydroxylation is 1. The topological polar surface area (TPSA) is 114 Å². The molecule has 1 amide bonds. The second kappa shape index (κ2) is 9.19. The summed E-state index contributed by atoms with van der Waals surface area (Å²) in [7, 11) is 2.11. The molecule has 0 radical (unpaired) electrons. The number of hydrogen-bond donors (Lipinski definition) is 1. The van der Waals surface area contributed by atoms with Crippen LogP contribution in [0.15, 0.2) is 27.4 Å². The molecule has 1 aromatic heterocycles. The van der Waals surface area contributed by atoms with Gasteiger partial charge in [-0.05, 0) is 26.5 Å². The number of nitrogens with one attached hydrogen (secondary N) is 1. The summed E-state index contributed by atoms with van der Waals surface area (Å²) in [6, 6.07) is 4.35. The number of likely N-dealkylation sites (N-methyl/N-ethyl adjacent to an activating group) is 1. The van der Waals surface area contributed by atoms with Gasteiger partial charge in [0, 0.05) is 57.8 Å². The first-order chi connectivity index (χ1) is 13.8. The number of non-ortho nitro benzene ring substituents is 1. The molecule has 1 unspecified atom stereocenters. The summed E-state index contributed by atoms with van der Waals surface area (Å²) >= 11 is 0. The molecule has 0 bridgehead atoms. The molecule has 1 atom stereocenters. The lowest BCUT2D eigenvalue weighted by Crippen LogP contribution is -2.51. The van der Waals surface area contributed by atoms with Crippen molar-refractivity contribution in [2.45, 2.75) is 32.4 Å². The van der Waals surface area contributed by atoms with Gasteiger partial charge in [-0.1, -0.05) is 0 Å². The zero-order valence-electron chi connectivity index (χ0n) is 16.8. The van der Waals surface area contributed by atoms with E-state index in [1.54, 1.807) is 0 Å². The van der Waals surface area contributed by atoms with Gasteiger partial charge in [0.25, 0.3) is 5.69 Å². The Morgan fingerprint density at radius 1 is 1.31 bits per heavy atom. The third kappa shape index (κ3) is 5.21. The zero-order chi connectivity index (χ0) is 21.0. The molecule has 1 aliphatic heterocycles. The number of benzene rings is 1. The highest BCUT2D eigenvalue weighted by Gasteiger charge is 2.19. The monoisotopic (exact) mass is 405 g/mol. The number of rotatable bonds is 8. The van der Waals surface area contributed by atoms with E-state index in [2.05, 4.69) is 29.1 Å². The summed E-state index contributed by atoms with van der Waals surface area (Å²) < 4.78 is 6.50. The molecule has 0 saturated carbocycles. The van der Waals surface area contributed by atoms with E-state index in [-0.39, 0.29) is 23.2 Å². The van der Waals surface area contributed by atoms with Crippen LogP contribution in [0.1, 0.15) is 19.8 Å². The average Bonchev–Trinajstić information content (AvgIpc) is 3.01. The molecule has 3 rings (SSSR count). The van der Waals surface area contributed by atoms with E-state index in [9.17, 15) is 19.7 Å². The molecule has 1 N–H and O–H groups in total. The second-order valence-electron chi connectivity index (χ2n) is 7.52. The van der Waals surface area contributed by atoms with E-state index in [0.717, 1.165) is 26.2 Å². The highest BCUT2D eigenvalue weighted by Crippen LogP contribution is 2.20. The van der Waals surface area contributed by atoms with Gasteiger partial charge in [-0.3, -0.25) is 24.4 Å². The predicted octanol–water partition coefficient (Wildman–Crippen LogP) is 1.03. The van der Waals surface area contributed by atoms with E-state index in [0.29, 0.717) is 31.4 Å². The van der Waals surface area contributed by atoms with Gasteiger partial charge in [0.15, 0.2) is 5.58 Å². The third-order valence-electron chi connectivity index (χ3n) is 5.40. The van der Waals surface area contributed by atoms with Crippen molar-refractivity contribution in [3.05, 3.63) is 38.9 Å². The minimum atomic E-state index is -0.579. The van der Waals surface area contributed by atoms with Gasteiger partial charge in [-0.2, -0.15) is 0 Å². The van der Waals surface area contributed by atoms with Crippen LogP contribution in [0.3, 0.4) is 0 Å². The van der Waals surface area contributed by atoms with Crippen molar-refractivity contribution < 1.29 is 14.1 Å². The summed E-state index contributed by atoms with van der Waals surface area (Å²) in [5.74, 6) is -0.632. The van der Waals surface area contributed by atoms with Gasteiger partial charge in [0.2, 0.25) is 5.91 Å². The van der Waals surface area contributed by atoms with Crippen LogP contribution < -0.4 is 11.1 Å². The molecular formula is C19H27N5O5. The molecule has 1 aliphatic rings. The Morgan fingerprint density at radius 3 is 2.72 bits per heavy atom. The minimum Gasteiger partial charge on any atom is -0.407 e. The first kappa shape index (κ1) is 21.0. The summed E-state index contributed by atoms with van der Waals surface area (Å²) in [6.07, 6.45) is 0.766. The Hall–Kier alpha value is -2.72. The fourth-order valence-corrected chi connectivity index (χ4v) is 3.52. The lowest BCUT2D eigenvalue weighted by Gasteiger charge is -2.36. The van der Waals surface area contributed by atoms with Crippen molar-refractivity contribution in [1.82, 2.24) is 19.7 Å². The molecule has 10 nitrogen and oxygen atoms in total. The minimum absolute atomic E-state index is 0.0533. The van der Waals surface area contributed by atoms with E-state index in [4.69, 9.17) is 4.42 Å². The lowest BCUT2D eigenvalue weighted by molar-refractivity contribution is -0.384. The molecule has 2 aromatic rings. The first-order valence-corrected chi connectivity index (χ1v) is 9.82. The molecule has 1 aromatic carbocycles. The Kier molecular flexibility index (Phi) is 6.65. The number of fused-ring (bicyclic) bond motifs is 1. The standard InChI is InChI=1S/C19H27N5O5/c1-14(22-10-8-21(2)9-11-22)13-20-18(25)4-3-7-23-16-6-5-15(24(27)28)12-17(16)29-19(23)26/h5-6,12,14H,3-4,7-11,13H2,1-2H3,(H,20,25). The van der Waals surface area contributed by atoms with Crippen molar-refractivity contribution in [2.75, 3.05) is 39.8 Å². The van der Waals surface area contributed by atoms with Gasteiger partial charge >= 0.3 is 5.76 Å². The smallest absolute Gasteiger partial charge is 0.407 e. The van der Waals surface area contributed by atoms with Crippen molar-refractivity contribution in [3.8, 4) is 0 Å². The number of carbonyl (C=O) groups is 1. The SMILES string of the molecule is CC(CNC(=O)CCCn1c(=O)oc2cc([N+](=O)[O-])ccc21)N1CCN(C)CC1. The number of aromatic nitrogens is 1. The predicted molar refractivity (Wildman–Crippen MR) is 108 cm³/mol. The maximum atomic E-state index is 12.2. The number of piperazine rings is 1. The Labute approximate surface area is 168 Å². The summed E-state index contributed by atoms with van der Waals surface area (Å²) in [4.78, 5) is 39.1. The van der Waals surface area contributed by atoms with Crippen LogP contribution in [0.5, 0.6) is 0 Å². The van der Waals surface area contributed by atoms with Crippen LogP contribution >= 0.6 is 0 Å². The maximum Gasteiger partial charge on any atom is 0.419 e. The number of oxazole rings is 1. The van der Waals surface area contributed by atoms with Crippen LogP contribution in [0.25, 0.3) is 11.1 Å². The van der Waals surface area contributed by atoms with E-state index in [1.807, 2.05) is 0 Å². The summed E-state index contributed by atoms with van der Waals surface area (Å²) in [5, 5.41) is 13.8. The molecule has 1 saturated heterocycles. The Balaban J connectivity index is 1.47. The van der Waals surface area contributed by atoms with Gasteiger partial charge < -0.3 is 14.6 Å². The van der Waals surface area contributed by atoms with Gasteiger partial charge in [-0.15, -0.1) is 0 Å². The largest absolute Gasteiger partial charge is 0.419 e. The normalized spacial score (nSPS) is 16.8. The number of nitrogens with zero attached hydrogens (tertiary/aromatic N) is 4. The Bertz CT molecular complexity index is 929. The van der Waals surface area contributed by atoms with Gasteiger partial charge in [0.05, 0.1) is 16.5 Å². The number of hydrogen-bond acceptors (Lipinski definition) is 7. The van der Waals surface area contributed by atoms with E-state index >= 15 is 0 Å². The van der Waals surface area contributed by atoms with Crippen LogP contribution in [0.4, 0.5) is 5.69 Å². The van der Waals surface area contributed by atoms with Crippen molar-refractivity contribution >= 4 is 22.7 Å². The fraction of sp³-hybridized carbons (Fsp3) is 0.579. The highest BCUT2D eigenvalue weighted by atomic mass is 16.6. The molecule has 0 aliphatic carbocycles. The van der Waals surface area contributed by atoms with Crippen molar-refractivity contribution in [2.24, 2.45) is 0 Å². The molecule has 0 spiro atoms. The summed E-state index contributed by atoms with van der Waals surface area (Å²) in [5.41, 5.74) is 0.534. The maximum absolute atomic E-state index is 12.2.